The minimum Gasteiger partial charge on any atom is -0.309 e. The lowest BCUT2D eigenvalue weighted by Crippen LogP contribution is -1.93. The topological polar surface area (TPSA) is 4.93 Å². The number of benzene rings is 8. The third kappa shape index (κ3) is 2.85. The van der Waals surface area contributed by atoms with Crippen LogP contribution in [0.3, 0.4) is 0 Å². The van der Waals surface area contributed by atoms with E-state index in [4.69, 9.17) is 0 Å². The fraction of sp³-hybridized carbons (Fsp3) is 0. The number of nitrogens with zero attached hydrogens (tertiary/aromatic N) is 1. The van der Waals surface area contributed by atoms with Crippen molar-refractivity contribution < 1.29 is 0 Å². The Morgan fingerprint density at radius 3 is 1.90 bits per heavy atom. The number of aromatic nitrogens is 1. The molecule has 1 heteroatoms. The molecule has 180 valence electrons. The van der Waals surface area contributed by atoms with Gasteiger partial charge in [-0.25, -0.2) is 0 Å². The molecule has 0 atom stereocenters. The maximum absolute atomic E-state index is 2.41. The van der Waals surface area contributed by atoms with Crippen LogP contribution in [0.4, 0.5) is 0 Å². The van der Waals surface area contributed by atoms with Gasteiger partial charge in [0.25, 0.3) is 0 Å². The van der Waals surface area contributed by atoms with Crippen molar-refractivity contribution in [3.63, 3.8) is 0 Å². The summed E-state index contributed by atoms with van der Waals surface area (Å²) >= 11 is 0. The van der Waals surface area contributed by atoms with E-state index in [-0.39, 0.29) is 0 Å². The molecule has 8 aromatic carbocycles. The highest BCUT2D eigenvalue weighted by molar-refractivity contribution is 6.26. The molecule has 0 bridgehead atoms. The fourth-order valence-corrected chi connectivity index (χ4v) is 6.80. The van der Waals surface area contributed by atoms with Crippen molar-refractivity contribution in [2.45, 2.75) is 0 Å². The fourth-order valence-electron chi connectivity index (χ4n) is 6.80. The smallest absolute Gasteiger partial charge is 0.0547 e. The second-order valence-electron chi connectivity index (χ2n) is 10.6. The molecule has 39 heavy (non-hydrogen) atoms. The Morgan fingerprint density at radius 1 is 0.359 bits per heavy atom. The van der Waals surface area contributed by atoms with Crippen LogP contribution in [-0.2, 0) is 0 Å². The summed E-state index contributed by atoms with van der Waals surface area (Å²) in [5.74, 6) is 0. The average Bonchev–Trinajstić information content (AvgIpc) is 3.34. The Bertz CT molecular complexity index is 2360. The van der Waals surface area contributed by atoms with Crippen LogP contribution in [0.25, 0.3) is 81.7 Å². The summed E-state index contributed by atoms with van der Waals surface area (Å²) in [5, 5.41) is 13.1. The van der Waals surface area contributed by atoms with Gasteiger partial charge in [0, 0.05) is 16.5 Å². The maximum atomic E-state index is 2.41. The van der Waals surface area contributed by atoms with Crippen molar-refractivity contribution in [3.8, 4) is 16.8 Å². The lowest BCUT2D eigenvalue weighted by molar-refractivity contribution is 1.18. The molecule has 1 heterocycles. The lowest BCUT2D eigenvalue weighted by Gasteiger charge is -2.14. The normalized spacial score (nSPS) is 12.1. The van der Waals surface area contributed by atoms with Gasteiger partial charge in [-0.3, -0.25) is 0 Å². The van der Waals surface area contributed by atoms with Gasteiger partial charge in [0.1, 0.15) is 0 Å². The highest BCUT2D eigenvalue weighted by Crippen LogP contribution is 2.42. The third-order valence-electron chi connectivity index (χ3n) is 8.51. The number of rotatable bonds is 2. The predicted octanol–water partition coefficient (Wildman–Crippen LogP) is 10.5. The first-order valence-corrected chi connectivity index (χ1v) is 13.5. The quantitative estimate of drug-likeness (QED) is 0.211. The third-order valence-corrected chi connectivity index (χ3v) is 8.51. The zero-order chi connectivity index (χ0) is 25.5. The van der Waals surface area contributed by atoms with Crippen LogP contribution in [0.2, 0.25) is 0 Å². The molecule has 0 unspecified atom stereocenters. The van der Waals surface area contributed by atoms with Gasteiger partial charge in [0.15, 0.2) is 0 Å². The second-order valence-corrected chi connectivity index (χ2v) is 10.6. The van der Waals surface area contributed by atoms with E-state index in [1.807, 2.05) is 0 Å². The SMILES string of the molecule is c1ccc(-n2c3ccc(-c4ccc5ccc6cccc7ccc4c5c67)cc3c3c4ccccc4ccc32)cc1. The molecule has 0 spiro atoms. The molecule has 1 aromatic heterocycles. The number of fused-ring (bicyclic) bond motifs is 5. The van der Waals surface area contributed by atoms with Gasteiger partial charge in [-0.05, 0) is 84.5 Å². The molecule has 0 radical (unpaired) electrons. The molecule has 0 aliphatic rings. The van der Waals surface area contributed by atoms with Gasteiger partial charge < -0.3 is 4.57 Å². The largest absolute Gasteiger partial charge is 0.309 e. The molecule has 1 nitrogen and oxygen atoms in total. The van der Waals surface area contributed by atoms with Crippen LogP contribution < -0.4 is 0 Å². The Kier molecular flexibility index (Phi) is 4.11. The van der Waals surface area contributed by atoms with Gasteiger partial charge >= 0.3 is 0 Å². The van der Waals surface area contributed by atoms with Gasteiger partial charge in [-0.2, -0.15) is 0 Å². The van der Waals surface area contributed by atoms with Crippen molar-refractivity contribution >= 4 is 64.9 Å². The first kappa shape index (κ1) is 20.9. The van der Waals surface area contributed by atoms with Crippen LogP contribution in [0.15, 0.2) is 140 Å². The monoisotopic (exact) mass is 493 g/mol. The first-order valence-electron chi connectivity index (χ1n) is 13.5. The van der Waals surface area contributed by atoms with Crippen molar-refractivity contribution in [2.75, 3.05) is 0 Å². The number of hydrogen-bond donors (Lipinski definition) is 0. The molecule has 0 aliphatic heterocycles. The van der Waals surface area contributed by atoms with Crippen molar-refractivity contribution in [3.05, 3.63) is 140 Å². The molecular weight excluding hydrogens is 470 g/mol. The molecule has 9 aromatic rings. The molecular formula is C38H23N. The van der Waals surface area contributed by atoms with Crippen molar-refractivity contribution in [1.82, 2.24) is 4.57 Å². The van der Waals surface area contributed by atoms with Gasteiger partial charge in [0.05, 0.1) is 11.0 Å². The first-order chi connectivity index (χ1) is 19.3. The van der Waals surface area contributed by atoms with E-state index >= 15 is 0 Å². The lowest BCUT2D eigenvalue weighted by atomic mass is 9.89. The Hall–Kier alpha value is -5.14. The summed E-state index contributed by atoms with van der Waals surface area (Å²) in [4.78, 5) is 0. The highest BCUT2D eigenvalue weighted by Gasteiger charge is 2.17. The van der Waals surface area contributed by atoms with Gasteiger partial charge in [-0.1, -0.05) is 109 Å². The second kappa shape index (κ2) is 7.69. The summed E-state index contributed by atoms with van der Waals surface area (Å²) < 4.78 is 2.41. The highest BCUT2D eigenvalue weighted by atomic mass is 15.0. The Balaban J connectivity index is 1.41. The molecule has 0 saturated carbocycles. The summed E-state index contributed by atoms with van der Waals surface area (Å²) in [6.07, 6.45) is 0. The van der Waals surface area contributed by atoms with E-state index in [2.05, 4.69) is 144 Å². The molecule has 0 amide bonds. The number of para-hydroxylation sites is 1. The van der Waals surface area contributed by atoms with E-state index in [0.29, 0.717) is 0 Å². The minimum absolute atomic E-state index is 1.18. The minimum atomic E-state index is 1.18. The predicted molar refractivity (Wildman–Crippen MR) is 167 cm³/mol. The molecule has 0 saturated heterocycles. The van der Waals surface area contributed by atoms with Crippen LogP contribution in [-0.4, -0.2) is 4.57 Å². The molecule has 0 aliphatic carbocycles. The Morgan fingerprint density at radius 2 is 1.03 bits per heavy atom. The summed E-state index contributed by atoms with van der Waals surface area (Å²) in [5.41, 5.74) is 6.18. The van der Waals surface area contributed by atoms with Crippen molar-refractivity contribution in [2.24, 2.45) is 0 Å². The molecule has 0 fully saturated rings. The average molecular weight is 494 g/mol. The molecule has 0 N–H and O–H groups in total. The van der Waals surface area contributed by atoms with E-state index in [1.54, 1.807) is 0 Å². The zero-order valence-electron chi connectivity index (χ0n) is 21.2. The maximum Gasteiger partial charge on any atom is 0.0547 e. The summed E-state index contributed by atoms with van der Waals surface area (Å²) in [6.45, 7) is 0. The van der Waals surface area contributed by atoms with Gasteiger partial charge in [0.2, 0.25) is 0 Å². The van der Waals surface area contributed by atoms with E-state index in [9.17, 15) is 0 Å². The molecule has 9 rings (SSSR count). The summed E-state index contributed by atoms with van der Waals surface area (Å²) in [6, 6.07) is 51.3. The summed E-state index contributed by atoms with van der Waals surface area (Å²) in [7, 11) is 0. The zero-order valence-corrected chi connectivity index (χ0v) is 21.2. The number of hydrogen-bond acceptors (Lipinski definition) is 0. The van der Waals surface area contributed by atoms with Crippen molar-refractivity contribution in [1.29, 1.82) is 0 Å². The standard InChI is InChI=1S/C38H23N/c1-2-10-29(11-3-1)39-34-21-18-28(23-33(34)38-31-12-5-4-7-24(31)17-22-35(38)39)30-19-15-27-14-13-25-8-6-9-26-16-20-32(30)37(27)36(25)26/h1-23H. The van der Waals surface area contributed by atoms with Gasteiger partial charge in [-0.15, -0.1) is 0 Å². The Labute approximate surface area is 225 Å². The van der Waals surface area contributed by atoms with E-state index < -0.39 is 0 Å². The van der Waals surface area contributed by atoms with Crippen LogP contribution >= 0.6 is 0 Å². The van der Waals surface area contributed by atoms with Crippen LogP contribution in [0, 0.1) is 0 Å². The van der Waals surface area contributed by atoms with E-state index in [1.165, 1.54) is 81.7 Å². The van der Waals surface area contributed by atoms with Crippen LogP contribution in [0.5, 0.6) is 0 Å². The van der Waals surface area contributed by atoms with Crippen LogP contribution in [0.1, 0.15) is 0 Å². The van der Waals surface area contributed by atoms with E-state index in [0.717, 1.165) is 0 Å².